The van der Waals surface area contributed by atoms with E-state index in [-0.39, 0.29) is 12.1 Å². The molecule has 1 atom stereocenters. The number of ether oxygens (including phenoxy) is 2. The highest BCUT2D eigenvalue weighted by molar-refractivity contribution is 7.19. The van der Waals surface area contributed by atoms with E-state index < -0.39 is 17.3 Å². The average molecular weight is 545 g/mol. The molecule has 200 valence electrons. The van der Waals surface area contributed by atoms with Gasteiger partial charge in [0.25, 0.3) is 0 Å². The lowest BCUT2D eigenvalue weighted by Crippen LogP contribution is -2.40. The summed E-state index contributed by atoms with van der Waals surface area (Å²) in [6.45, 7) is 14.4. The second-order valence-electron chi connectivity index (χ2n) is 11.4. The van der Waals surface area contributed by atoms with E-state index in [0.717, 1.165) is 38.4 Å². The summed E-state index contributed by atoms with van der Waals surface area (Å²) in [4.78, 5) is 31.9. The van der Waals surface area contributed by atoms with Gasteiger partial charge in [-0.15, -0.1) is 27.8 Å². The van der Waals surface area contributed by atoms with Gasteiger partial charge in [-0.1, -0.05) is 6.07 Å². The van der Waals surface area contributed by atoms with Crippen molar-refractivity contribution < 1.29 is 19.1 Å². The first-order valence-corrected chi connectivity index (χ1v) is 14.3. The fourth-order valence-electron chi connectivity index (χ4n) is 4.38. The summed E-state index contributed by atoms with van der Waals surface area (Å²) in [5, 5.41) is 10.7. The lowest BCUT2D eigenvalue weighted by Gasteiger charge is -2.28. The predicted octanol–water partition coefficient (Wildman–Crippen LogP) is 6.94. The van der Waals surface area contributed by atoms with Crippen LogP contribution in [0.15, 0.2) is 23.7 Å². The number of likely N-dealkylation sites (tertiary alicyclic amines) is 1. The molecular weight excluding hydrogens is 508 g/mol. The number of hydrogen-bond donors (Lipinski definition) is 0. The minimum absolute atomic E-state index is 0.0612. The lowest BCUT2D eigenvalue weighted by molar-refractivity contribution is 0.0227. The van der Waals surface area contributed by atoms with Crippen LogP contribution in [0, 0.1) is 6.92 Å². The topological polar surface area (TPSA) is 84.9 Å². The minimum atomic E-state index is -0.630. The van der Waals surface area contributed by atoms with Gasteiger partial charge in [0.1, 0.15) is 16.7 Å². The van der Waals surface area contributed by atoms with E-state index in [2.05, 4.69) is 10.2 Å². The Morgan fingerprint density at radius 3 is 2.54 bits per heavy atom. The van der Waals surface area contributed by atoms with Crippen molar-refractivity contribution in [2.45, 2.75) is 91.5 Å². The Bertz CT molecular complexity index is 1260. The van der Waals surface area contributed by atoms with Crippen molar-refractivity contribution >= 4 is 50.8 Å². The first kappa shape index (κ1) is 27.3. The van der Waals surface area contributed by atoms with Gasteiger partial charge in [-0.05, 0) is 78.3 Å². The zero-order valence-corrected chi connectivity index (χ0v) is 24.3. The number of rotatable bonds is 5. The van der Waals surface area contributed by atoms with Crippen LogP contribution < -0.4 is 4.90 Å². The van der Waals surface area contributed by atoms with Gasteiger partial charge in [0.05, 0.1) is 23.1 Å². The molecule has 10 heteroatoms. The smallest absolute Gasteiger partial charge is 0.415 e. The van der Waals surface area contributed by atoms with Crippen LogP contribution in [0.5, 0.6) is 0 Å². The number of nitrogens with zero attached hydrogens (tertiary/aromatic N) is 4. The molecule has 0 aliphatic carbocycles. The number of thiophene rings is 2. The van der Waals surface area contributed by atoms with Crippen molar-refractivity contribution in [1.82, 2.24) is 15.1 Å². The van der Waals surface area contributed by atoms with Crippen molar-refractivity contribution in [2.24, 2.45) is 0 Å². The van der Waals surface area contributed by atoms with Crippen LogP contribution in [0.2, 0.25) is 0 Å². The quantitative estimate of drug-likeness (QED) is 0.346. The van der Waals surface area contributed by atoms with Crippen LogP contribution in [0.4, 0.5) is 15.3 Å². The van der Waals surface area contributed by atoms with Gasteiger partial charge in [0.2, 0.25) is 0 Å². The van der Waals surface area contributed by atoms with Crippen molar-refractivity contribution in [3.8, 4) is 0 Å². The molecule has 37 heavy (non-hydrogen) atoms. The van der Waals surface area contributed by atoms with Crippen LogP contribution in [0.1, 0.15) is 69.7 Å². The summed E-state index contributed by atoms with van der Waals surface area (Å²) < 4.78 is 12.3. The Balaban J connectivity index is 1.66. The summed E-state index contributed by atoms with van der Waals surface area (Å²) in [6, 6.07) is 4.04. The molecule has 0 spiro atoms. The molecule has 0 radical (unpaired) electrons. The Hall–Kier alpha value is -2.72. The molecule has 1 fully saturated rings. The van der Waals surface area contributed by atoms with Crippen LogP contribution in [-0.2, 0) is 22.4 Å². The maximum absolute atomic E-state index is 13.3. The third-order valence-corrected chi connectivity index (χ3v) is 8.20. The van der Waals surface area contributed by atoms with E-state index in [1.807, 2.05) is 70.9 Å². The minimum Gasteiger partial charge on any atom is -0.444 e. The van der Waals surface area contributed by atoms with E-state index in [1.165, 1.54) is 0 Å². The molecule has 1 aliphatic rings. The maximum Gasteiger partial charge on any atom is 0.415 e. The van der Waals surface area contributed by atoms with Gasteiger partial charge in [-0.2, -0.15) is 5.10 Å². The molecule has 0 aromatic carbocycles. The molecule has 0 N–H and O–H groups in total. The van der Waals surface area contributed by atoms with E-state index in [4.69, 9.17) is 9.47 Å². The Labute approximate surface area is 226 Å². The highest BCUT2D eigenvalue weighted by atomic mass is 32.1. The first-order valence-electron chi connectivity index (χ1n) is 12.6. The molecule has 3 aromatic heterocycles. The third kappa shape index (κ3) is 6.59. The number of carbonyl (C=O) groups is 2. The van der Waals surface area contributed by atoms with Crippen LogP contribution in [0.3, 0.4) is 0 Å². The van der Waals surface area contributed by atoms with Gasteiger partial charge in [0.15, 0.2) is 0 Å². The molecular formula is C27H36N4O4S2. The van der Waals surface area contributed by atoms with Gasteiger partial charge in [-0.25, -0.2) is 9.59 Å². The molecule has 0 bridgehead atoms. The van der Waals surface area contributed by atoms with Gasteiger partial charge in [-0.3, -0.25) is 4.90 Å². The number of anilines is 1. The zero-order chi connectivity index (χ0) is 27.0. The Kier molecular flexibility index (Phi) is 7.80. The number of aryl methyl sites for hydroxylation is 1. The maximum atomic E-state index is 13.3. The average Bonchev–Trinajstić information content (AvgIpc) is 3.52. The third-order valence-electron chi connectivity index (χ3n) is 6.01. The second kappa shape index (κ2) is 10.6. The molecule has 4 rings (SSSR count). The van der Waals surface area contributed by atoms with Crippen LogP contribution >= 0.6 is 22.7 Å². The summed E-state index contributed by atoms with van der Waals surface area (Å²) in [6.07, 6.45) is 3.54. The van der Waals surface area contributed by atoms with E-state index >= 15 is 0 Å². The molecule has 1 saturated heterocycles. The summed E-state index contributed by atoms with van der Waals surface area (Å²) in [5.74, 6) is 0. The van der Waals surface area contributed by atoms with Crippen molar-refractivity contribution in [3.63, 3.8) is 0 Å². The standard InChI is InChI=1S/C27H36N4O4S2/c1-17-21(14-18-10-8-12-30(18)24(32)34-26(2,3)4)37-23-20(15-28-29-22(17)23)31(16-19-11-9-13-36-19)25(33)35-27(5,6)7/h9,11,13,15,18H,8,10,12,14,16H2,1-7H3/t18-/m1/s1. The Morgan fingerprint density at radius 2 is 1.89 bits per heavy atom. The largest absolute Gasteiger partial charge is 0.444 e. The number of amides is 2. The molecule has 8 nitrogen and oxygen atoms in total. The molecule has 1 aliphatic heterocycles. The molecule has 0 saturated carbocycles. The highest BCUT2D eigenvalue weighted by Gasteiger charge is 2.34. The van der Waals surface area contributed by atoms with E-state index in [0.29, 0.717) is 25.2 Å². The predicted molar refractivity (Wildman–Crippen MR) is 149 cm³/mol. The van der Waals surface area contributed by atoms with Crippen LogP contribution in [0.25, 0.3) is 10.2 Å². The summed E-state index contributed by atoms with van der Waals surface area (Å²) in [5.41, 5.74) is 1.33. The zero-order valence-electron chi connectivity index (χ0n) is 22.7. The summed E-state index contributed by atoms with van der Waals surface area (Å²) in [7, 11) is 0. The van der Waals surface area contributed by atoms with E-state index in [9.17, 15) is 9.59 Å². The van der Waals surface area contributed by atoms with Gasteiger partial charge in [0, 0.05) is 28.8 Å². The van der Waals surface area contributed by atoms with Crippen molar-refractivity contribution in [3.05, 3.63) is 39.0 Å². The van der Waals surface area contributed by atoms with Crippen molar-refractivity contribution in [1.29, 1.82) is 0 Å². The SMILES string of the molecule is Cc1c(C[C@H]2CCCN2C(=O)OC(C)(C)C)sc2c(N(Cc3cccs3)C(=O)OC(C)(C)C)cnnc12. The lowest BCUT2D eigenvalue weighted by atomic mass is 10.1. The number of aromatic nitrogens is 2. The summed E-state index contributed by atoms with van der Waals surface area (Å²) >= 11 is 3.20. The molecule has 0 unspecified atom stereocenters. The highest BCUT2D eigenvalue weighted by Crippen LogP contribution is 2.39. The van der Waals surface area contributed by atoms with E-state index in [1.54, 1.807) is 33.8 Å². The monoisotopic (exact) mass is 544 g/mol. The number of hydrogen-bond acceptors (Lipinski definition) is 8. The molecule has 3 aromatic rings. The fraction of sp³-hybridized carbons (Fsp3) is 0.556. The normalized spacial score (nSPS) is 16.3. The van der Waals surface area contributed by atoms with Gasteiger partial charge < -0.3 is 14.4 Å². The van der Waals surface area contributed by atoms with Gasteiger partial charge >= 0.3 is 12.2 Å². The number of carbonyl (C=O) groups excluding carboxylic acids is 2. The first-order chi connectivity index (χ1) is 17.3. The van der Waals surface area contributed by atoms with Crippen molar-refractivity contribution in [2.75, 3.05) is 11.4 Å². The molecule has 4 heterocycles. The second-order valence-corrected chi connectivity index (χ2v) is 13.5. The Morgan fingerprint density at radius 1 is 1.16 bits per heavy atom. The molecule has 2 amide bonds. The van der Waals surface area contributed by atoms with Crippen LogP contribution in [-0.4, -0.2) is 51.1 Å². The fourth-order valence-corrected chi connectivity index (χ4v) is 6.40. The number of fused-ring (bicyclic) bond motifs is 1.